The summed E-state index contributed by atoms with van der Waals surface area (Å²) >= 11 is 1.36. The molecule has 122 valence electrons. The zero-order valence-corrected chi connectivity index (χ0v) is 14.5. The molecule has 0 radical (unpaired) electrons. The second kappa shape index (κ2) is 7.05. The predicted molar refractivity (Wildman–Crippen MR) is 97.2 cm³/mol. The van der Waals surface area contributed by atoms with E-state index in [1.165, 1.54) is 16.7 Å². The Labute approximate surface area is 146 Å². The lowest BCUT2D eigenvalue weighted by Crippen LogP contribution is -2.34. The molecule has 3 nitrogen and oxygen atoms in total. The van der Waals surface area contributed by atoms with Gasteiger partial charge in [0.25, 0.3) is 11.8 Å². The van der Waals surface area contributed by atoms with Gasteiger partial charge in [-0.2, -0.15) is 0 Å². The minimum atomic E-state index is -0.196. The van der Waals surface area contributed by atoms with E-state index in [-0.39, 0.29) is 17.7 Å². The fourth-order valence-electron chi connectivity index (χ4n) is 2.65. The minimum absolute atomic E-state index is 0.193. The average molecular weight is 337 g/mol. The predicted octanol–water partition coefficient (Wildman–Crippen LogP) is 4.21. The normalized spacial score (nSPS) is 14.9. The first-order chi connectivity index (χ1) is 11.6. The molecule has 0 aromatic heterocycles. The maximum absolute atomic E-state index is 12.9. The van der Waals surface area contributed by atoms with E-state index in [1.54, 1.807) is 0 Å². The van der Waals surface area contributed by atoms with Crippen LogP contribution in [0.4, 0.5) is 0 Å². The van der Waals surface area contributed by atoms with Gasteiger partial charge in [-0.1, -0.05) is 74.1 Å². The van der Waals surface area contributed by atoms with E-state index >= 15 is 0 Å². The van der Waals surface area contributed by atoms with Crippen LogP contribution < -0.4 is 0 Å². The van der Waals surface area contributed by atoms with Crippen molar-refractivity contribution in [3.63, 3.8) is 0 Å². The molecule has 0 N–H and O–H groups in total. The molecule has 1 aliphatic rings. The molecule has 2 aromatic rings. The van der Waals surface area contributed by atoms with Gasteiger partial charge in [0.2, 0.25) is 0 Å². The third-order valence-corrected chi connectivity index (χ3v) is 4.79. The number of rotatable bonds is 5. The van der Waals surface area contributed by atoms with Crippen molar-refractivity contribution in [3.05, 3.63) is 71.1 Å². The molecule has 0 saturated heterocycles. The van der Waals surface area contributed by atoms with Gasteiger partial charge >= 0.3 is 0 Å². The summed E-state index contributed by atoms with van der Waals surface area (Å²) in [5, 5.41) is 0. The number of hydrogen-bond acceptors (Lipinski definition) is 3. The highest BCUT2D eigenvalue weighted by Gasteiger charge is 2.39. The van der Waals surface area contributed by atoms with Crippen LogP contribution >= 0.6 is 11.8 Å². The number of nitrogens with zero attached hydrogens (tertiary/aromatic N) is 1. The molecule has 0 fully saturated rings. The zero-order valence-electron chi connectivity index (χ0n) is 13.7. The van der Waals surface area contributed by atoms with Crippen molar-refractivity contribution in [2.45, 2.75) is 18.7 Å². The monoisotopic (exact) mass is 337 g/mol. The summed E-state index contributed by atoms with van der Waals surface area (Å²) < 4.78 is 0. The first kappa shape index (κ1) is 16.5. The van der Waals surface area contributed by atoms with E-state index in [4.69, 9.17) is 0 Å². The molecule has 1 heterocycles. The summed E-state index contributed by atoms with van der Waals surface area (Å²) in [5.74, 6) is -0.157. The van der Waals surface area contributed by atoms with Gasteiger partial charge in [0, 0.05) is 11.4 Å². The fraction of sp³-hybridized carbons (Fsp3) is 0.200. The average Bonchev–Trinajstić information content (AvgIpc) is 2.81. The Morgan fingerprint density at radius 3 is 2.04 bits per heavy atom. The number of amides is 2. The van der Waals surface area contributed by atoms with Crippen LogP contribution in [-0.2, 0) is 9.59 Å². The smallest absolute Gasteiger partial charge is 0.268 e. The largest absolute Gasteiger partial charge is 0.274 e. The summed E-state index contributed by atoms with van der Waals surface area (Å²) in [4.78, 5) is 28.6. The van der Waals surface area contributed by atoms with Crippen molar-refractivity contribution >= 4 is 29.1 Å². The molecular weight excluding hydrogens is 318 g/mol. The van der Waals surface area contributed by atoms with Gasteiger partial charge in [0.1, 0.15) is 0 Å². The van der Waals surface area contributed by atoms with Crippen molar-refractivity contribution in [3.8, 4) is 0 Å². The molecule has 0 unspecified atom stereocenters. The molecule has 1 aliphatic heterocycles. The Hall–Kier alpha value is -2.33. The maximum Gasteiger partial charge on any atom is 0.268 e. The summed E-state index contributed by atoms with van der Waals surface area (Å²) in [6.07, 6.45) is 0. The summed E-state index contributed by atoms with van der Waals surface area (Å²) in [7, 11) is 0. The lowest BCUT2D eigenvalue weighted by Gasteiger charge is -2.17. The third kappa shape index (κ3) is 3.29. The summed E-state index contributed by atoms with van der Waals surface area (Å²) in [6.45, 7) is 4.45. The van der Waals surface area contributed by atoms with Crippen LogP contribution in [0.2, 0.25) is 0 Å². The van der Waals surface area contributed by atoms with Crippen LogP contribution in [-0.4, -0.2) is 23.3 Å². The Kier molecular flexibility index (Phi) is 4.86. The van der Waals surface area contributed by atoms with E-state index in [0.717, 1.165) is 10.5 Å². The Morgan fingerprint density at radius 2 is 1.46 bits per heavy atom. The SMILES string of the molecule is CC(C)CN1C(=O)C(Sc2ccccc2)=C(c2ccccc2)C1=O. The van der Waals surface area contributed by atoms with E-state index < -0.39 is 0 Å². The van der Waals surface area contributed by atoms with Gasteiger partial charge < -0.3 is 0 Å². The molecule has 0 aliphatic carbocycles. The number of benzene rings is 2. The van der Waals surface area contributed by atoms with Crippen LogP contribution in [0.3, 0.4) is 0 Å². The number of thioether (sulfide) groups is 1. The second-order valence-electron chi connectivity index (χ2n) is 6.10. The summed E-state index contributed by atoms with van der Waals surface area (Å²) in [5.41, 5.74) is 1.30. The van der Waals surface area contributed by atoms with Crippen molar-refractivity contribution in [1.29, 1.82) is 0 Å². The first-order valence-corrected chi connectivity index (χ1v) is 8.78. The second-order valence-corrected chi connectivity index (χ2v) is 7.18. The molecular formula is C20H19NO2S. The van der Waals surface area contributed by atoms with Gasteiger partial charge in [-0.3, -0.25) is 14.5 Å². The highest BCUT2D eigenvalue weighted by atomic mass is 32.2. The quantitative estimate of drug-likeness (QED) is 0.767. The lowest BCUT2D eigenvalue weighted by atomic mass is 10.1. The van der Waals surface area contributed by atoms with Crippen molar-refractivity contribution in [1.82, 2.24) is 4.90 Å². The van der Waals surface area contributed by atoms with E-state index in [2.05, 4.69) is 0 Å². The number of carbonyl (C=O) groups excluding carboxylic acids is 2. The number of carbonyl (C=O) groups is 2. The topological polar surface area (TPSA) is 37.4 Å². The number of imide groups is 1. The minimum Gasteiger partial charge on any atom is -0.274 e. The van der Waals surface area contributed by atoms with Crippen molar-refractivity contribution in [2.24, 2.45) is 5.92 Å². The van der Waals surface area contributed by atoms with E-state index in [0.29, 0.717) is 17.0 Å². The molecule has 0 saturated carbocycles. The molecule has 0 atom stereocenters. The van der Waals surface area contributed by atoms with Crippen molar-refractivity contribution < 1.29 is 9.59 Å². The highest BCUT2D eigenvalue weighted by Crippen LogP contribution is 2.39. The van der Waals surface area contributed by atoms with Crippen molar-refractivity contribution in [2.75, 3.05) is 6.54 Å². The van der Waals surface area contributed by atoms with Crippen LogP contribution in [0.1, 0.15) is 19.4 Å². The van der Waals surface area contributed by atoms with Gasteiger partial charge in [0.15, 0.2) is 0 Å². The van der Waals surface area contributed by atoms with Gasteiger partial charge in [-0.15, -0.1) is 0 Å². The molecule has 24 heavy (non-hydrogen) atoms. The molecule has 3 rings (SSSR count). The molecule has 2 amide bonds. The van der Waals surface area contributed by atoms with Gasteiger partial charge in [0.05, 0.1) is 10.5 Å². The Balaban J connectivity index is 2.04. The fourth-order valence-corrected chi connectivity index (χ4v) is 3.68. The number of hydrogen-bond donors (Lipinski definition) is 0. The van der Waals surface area contributed by atoms with Gasteiger partial charge in [-0.25, -0.2) is 0 Å². The molecule has 0 spiro atoms. The summed E-state index contributed by atoms with van der Waals surface area (Å²) in [6, 6.07) is 19.1. The molecule has 0 bridgehead atoms. The molecule has 4 heteroatoms. The third-order valence-electron chi connectivity index (χ3n) is 3.70. The van der Waals surface area contributed by atoms with Crippen LogP contribution in [0.5, 0.6) is 0 Å². The van der Waals surface area contributed by atoms with E-state index in [1.807, 2.05) is 74.5 Å². The zero-order chi connectivity index (χ0) is 17.1. The Bertz CT molecular complexity index is 782. The van der Waals surface area contributed by atoms with E-state index in [9.17, 15) is 9.59 Å². The Morgan fingerprint density at radius 1 is 0.875 bits per heavy atom. The first-order valence-electron chi connectivity index (χ1n) is 7.96. The molecule has 2 aromatic carbocycles. The van der Waals surface area contributed by atoms with Crippen LogP contribution in [0, 0.1) is 5.92 Å². The highest BCUT2D eigenvalue weighted by molar-refractivity contribution is 8.04. The van der Waals surface area contributed by atoms with Crippen LogP contribution in [0.25, 0.3) is 5.57 Å². The lowest BCUT2D eigenvalue weighted by molar-refractivity contribution is -0.137. The maximum atomic E-state index is 12.9. The van der Waals surface area contributed by atoms with Gasteiger partial charge in [-0.05, 0) is 23.6 Å². The standard InChI is InChI=1S/C20H19NO2S/c1-14(2)13-21-19(22)17(15-9-5-3-6-10-15)18(20(21)23)24-16-11-7-4-8-12-16/h3-12,14H,13H2,1-2H3. The van der Waals surface area contributed by atoms with Crippen LogP contribution in [0.15, 0.2) is 70.5 Å².